The first kappa shape index (κ1) is 14.2. The van der Waals surface area contributed by atoms with E-state index in [9.17, 15) is 0 Å². The molecule has 3 heteroatoms. The van der Waals surface area contributed by atoms with E-state index < -0.39 is 0 Å². The molecule has 1 fully saturated rings. The molecule has 0 spiro atoms. The van der Waals surface area contributed by atoms with E-state index in [0.29, 0.717) is 0 Å². The van der Waals surface area contributed by atoms with Crippen molar-refractivity contribution >= 4 is 23.4 Å². The van der Waals surface area contributed by atoms with Crippen molar-refractivity contribution in [2.75, 3.05) is 24.7 Å². The van der Waals surface area contributed by atoms with Crippen LogP contribution in [0.4, 0.5) is 0 Å². The Balaban J connectivity index is 1.75. The average Bonchev–Trinajstić information content (AvgIpc) is 2.93. The van der Waals surface area contributed by atoms with Crippen molar-refractivity contribution in [3.63, 3.8) is 0 Å². The Morgan fingerprint density at radius 3 is 2.50 bits per heavy atom. The number of hydrogen-bond donors (Lipinski definition) is 0. The van der Waals surface area contributed by atoms with Crippen LogP contribution in [-0.2, 0) is 0 Å². The van der Waals surface area contributed by atoms with Crippen molar-refractivity contribution < 1.29 is 0 Å². The smallest absolute Gasteiger partial charge is 0.0351 e. The standard InChI is InChI=1S/C15H22ClNS/c16-10-11-17(14-6-4-5-7-14)12-13-18-15-8-2-1-3-9-15/h1-3,8-9,14H,4-7,10-13H2. The highest BCUT2D eigenvalue weighted by Gasteiger charge is 2.21. The summed E-state index contributed by atoms with van der Waals surface area (Å²) in [7, 11) is 0. The SMILES string of the molecule is ClCCN(CCSc1ccccc1)C1CCCC1. The Bertz CT molecular complexity index is 325. The summed E-state index contributed by atoms with van der Waals surface area (Å²) in [6, 6.07) is 11.5. The van der Waals surface area contributed by atoms with Crippen molar-refractivity contribution in [3.05, 3.63) is 30.3 Å². The van der Waals surface area contributed by atoms with Crippen LogP contribution in [0.3, 0.4) is 0 Å². The summed E-state index contributed by atoms with van der Waals surface area (Å²) >= 11 is 7.87. The summed E-state index contributed by atoms with van der Waals surface area (Å²) < 4.78 is 0. The van der Waals surface area contributed by atoms with Gasteiger partial charge < -0.3 is 0 Å². The predicted molar refractivity (Wildman–Crippen MR) is 81.7 cm³/mol. The number of nitrogens with zero attached hydrogens (tertiary/aromatic N) is 1. The van der Waals surface area contributed by atoms with Gasteiger partial charge in [0.25, 0.3) is 0 Å². The minimum absolute atomic E-state index is 0.756. The van der Waals surface area contributed by atoms with Gasteiger partial charge in [0.15, 0.2) is 0 Å². The summed E-state index contributed by atoms with van der Waals surface area (Å²) in [5.74, 6) is 1.92. The monoisotopic (exact) mass is 283 g/mol. The fourth-order valence-electron chi connectivity index (χ4n) is 2.65. The third kappa shape index (κ3) is 4.49. The molecule has 0 amide bonds. The highest BCUT2D eigenvalue weighted by molar-refractivity contribution is 7.99. The van der Waals surface area contributed by atoms with E-state index in [4.69, 9.17) is 11.6 Å². The maximum Gasteiger partial charge on any atom is 0.0351 e. The molecular formula is C15H22ClNS. The molecule has 0 N–H and O–H groups in total. The largest absolute Gasteiger partial charge is 0.298 e. The van der Waals surface area contributed by atoms with Crippen molar-refractivity contribution in [2.45, 2.75) is 36.6 Å². The molecule has 2 rings (SSSR count). The highest BCUT2D eigenvalue weighted by Crippen LogP contribution is 2.24. The van der Waals surface area contributed by atoms with Gasteiger partial charge in [0.2, 0.25) is 0 Å². The fourth-order valence-corrected chi connectivity index (χ4v) is 3.78. The van der Waals surface area contributed by atoms with Crippen molar-refractivity contribution in [1.82, 2.24) is 4.90 Å². The Hall–Kier alpha value is -0.180. The zero-order chi connectivity index (χ0) is 12.6. The van der Waals surface area contributed by atoms with Gasteiger partial charge in [0.05, 0.1) is 0 Å². The molecule has 1 nitrogen and oxygen atoms in total. The van der Waals surface area contributed by atoms with Crippen LogP contribution in [0.2, 0.25) is 0 Å². The second kappa shape index (κ2) is 8.08. The van der Waals surface area contributed by atoms with Crippen molar-refractivity contribution in [1.29, 1.82) is 0 Å². The third-order valence-corrected chi connectivity index (χ3v) is 4.76. The number of hydrogen-bond acceptors (Lipinski definition) is 2. The molecular weight excluding hydrogens is 262 g/mol. The lowest BCUT2D eigenvalue weighted by Gasteiger charge is -2.27. The molecule has 0 radical (unpaired) electrons. The predicted octanol–water partition coefficient (Wildman–Crippen LogP) is 4.26. The zero-order valence-electron chi connectivity index (χ0n) is 10.9. The Morgan fingerprint density at radius 2 is 1.83 bits per heavy atom. The minimum Gasteiger partial charge on any atom is -0.298 e. The van der Waals surface area contributed by atoms with Gasteiger partial charge in [-0.1, -0.05) is 31.0 Å². The van der Waals surface area contributed by atoms with Crippen LogP contribution in [0.1, 0.15) is 25.7 Å². The van der Waals surface area contributed by atoms with E-state index >= 15 is 0 Å². The summed E-state index contributed by atoms with van der Waals surface area (Å²) in [6.07, 6.45) is 5.53. The van der Waals surface area contributed by atoms with E-state index in [1.165, 1.54) is 30.6 Å². The van der Waals surface area contributed by atoms with Crippen molar-refractivity contribution in [3.8, 4) is 0 Å². The van der Waals surface area contributed by atoms with Crippen molar-refractivity contribution in [2.24, 2.45) is 0 Å². The maximum atomic E-state index is 5.92. The number of halogens is 1. The van der Waals surface area contributed by atoms with Gasteiger partial charge >= 0.3 is 0 Å². The Morgan fingerprint density at radius 1 is 1.11 bits per heavy atom. The van der Waals surface area contributed by atoms with Gasteiger partial charge in [-0.3, -0.25) is 4.90 Å². The maximum absolute atomic E-state index is 5.92. The minimum atomic E-state index is 0.756. The molecule has 100 valence electrons. The molecule has 1 aliphatic rings. The number of benzene rings is 1. The van der Waals surface area contributed by atoms with Gasteiger partial charge in [-0.05, 0) is 25.0 Å². The van der Waals surface area contributed by atoms with E-state index in [2.05, 4.69) is 35.2 Å². The van der Waals surface area contributed by atoms with Crippen LogP contribution in [-0.4, -0.2) is 35.7 Å². The number of rotatable bonds is 7. The molecule has 1 saturated carbocycles. The average molecular weight is 284 g/mol. The lowest BCUT2D eigenvalue weighted by molar-refractivity contribution is 0.223. The first-order chi connectivity index (χ1) is 8.90. The lowest BCUT2D eigenvalue weighted by Crippen LogP contribution is -2.36. The third-order valence-electron chi connectivity index (χ3n) is 3.60. The summed E-state index contributed by atoms with van der Waals surface area (Å²) in [5, 5.41) is 0. The van der Waals surface area contributed by atoms with E-state index in [-0.39, 0.29) is 0 Å². The van der Waals surface area contributed by atoms with Gasteiger partial charge in [-0.15, -0.1) is 23.4 Å². The molecule has 1 aliphatic carbocycles. The Kier molecular flexibility index (Phi) is 6.39. The van der Waals surface area contributed by atoms with Gasteiger partial charge in [-0.2, -0.15) is 0 Å². The molecule has 0 unspecified atom stereocenters. The topological polar surface area (TPSA) is 3.24 Å². The molecule has 0 aliphatic heterocycles. The normalized spacial score (nSPS) is 16.6. The first-order valence-electron chi connectivity index (χ1n) is 6.88. The number of thioether (sulfide) groups is 1. The van der Waals surface area contributed by atoms with E-state index in [0.717, 1.165) is 30.8 Å². The van der Waals surface area contributed by atoms with Crippen LogP contribution in [0.15, 0.2) is 35.2 Å². The lowest BCUT2D eigenvalue weighted by atomic mass is 10.2. The summed E-state index contributed by atoms with van der Waals surface area (Å²) in [6.45, 7) is 2.21. The fraction of sp³-hybridized carbons (Fsp3) is 0.600. The first-order valence-corrected chi connectivity index (χ1v) is 8.40. The molecule has 0 saturated heterocycles. The van der Waals surface area contributed by atoms with Crippen LogP contribution >= 0.6 is 23.4 Å². The zero-order valence-corrected chi connectivity index (χ0v) is 12.4. The summed E-state index contributed by atoms with van der Waals surface area (Å²) in [5.41, 5.74) is 0. The molecule has 18 heavy (non-hydrogen) atoms. The quantitative estimate of drug-likeness (QED) is 0.543. The molecule has 0 heterocycles. The number of alkyl halides is 1. The molecule has 1 aromatic rings. The molecule has 0 atom stereocenters. The van der Waals surface area contributed by atoms with Gasteiger partial charge in [0.1, 0.15) is 0 Å². The van der Waals surface area contributed by atoms with Crippen LogP contribution < -0.4 is 0 Å². The molecule has 0 bridgehead atoms. The van der Waals surface area contributed by atoms with E-state index in [1.807, 2.05) is 11.8 Å². The van der Waals surface area contributed by atoms with E-state index in [1.54, 1.807) is 0 Å². The second-order valence-corrected chi connectivity index (χ2v) is 6.37. The highest BCUT2D eigenvalue weighted by atomic mass is 35.5. The van der Waals surface area contributed by atoms with Gasteiger partial charge in [0, 0.05) is 35.7 Å². The summed E-state index contributed by atoms with van der Waals surface area (Å²) in [4.78, 5) is 3.96. The van der Waals surface area contributed by atoms with Crippen LogP contribution in [0.5, 0.6) is 0 Å². The van der Waals surface area contributed by atoms with Crippen LogP contribution in [0.25, 0.3) is 0 Å². The molecule has 0 aromatic heterocycles. The molecule has 1 aromatic carbocycles. The Labute approximate surface area is 120 Å². The second-order valence-electron chi connectivity index (χ2n) is 4.82. The van der Waals surface area contributed by atoms with Gasteiger partial charge in [-0.25, -0.2) is 0 Å². The van der Waals surface area contributed by atoms with Crippen LogP contribution in [0, 0.1) is 0 Å².